The van der Waals surface area contributed by atoms with Crippen molar-refractivity contribution in [2.75, 3.05) is 11.9 Å². The van der Waals surface area contributed by atoms with Crippen LogP contribution in [0.25, 0.3) is 21.6 Å². The molecule has 0 aliphatic heterocycles. The van der Waals surface area contributed by atoms with Gasteiger partial charge in [0.15, 0.2) is 5.82 Å². The van der Waals surface area contributed by atoms with Crippen LogP contribution >= 0.6 is 22.7 Å². The molecule has 0 bridgehead atoms. The normalized spacial score (nSPS) is 11.1. The predicted molar refractivity (Wildman–Crippen MR) is 109 cm³/mol. The monoisotopic (exact) mass is 365 g/mol. The number of aryl methyl sites for hydroxylation is 1. The summed E-state index contributed by atoms with van der Waals surface area (Å²) >= 11 is 3.56. The van der Waals surface area contributed by atoms with E-state index in [1.54, 1.807) is 22.7 Å². The lowest BCUT2D eigenvalue weighted by Gasteiger charge is -2.08. The van der Waals surface area contributed by atoms with E-state index < -0.39 is 0 Å². The summed E-state index contributed by atoms with van der Waals surface area (Å²) in [6, 6.07) is 16.7. The summed E-state index contributed by atoms with van der Waals surface area (Å²) in [6.45, 7) is 3.05. The first kappa shape index (κ1) is 16.2. The fraction of sp³-hybridized carbons (Fsp3) is 0.200. The maximum absolute atomic E-state index is 4.83. The summed E-state index contributed by atoms with van der Waals surface area (Å²) in [4.78, 5) is 13.4. The second-order valence-electron chi connectivity index (χ2n) is 5.80. The van der Waals surface area contributed by atoms with Gasteiger partial charge in [-0.25, -0.2) is 9.97 Å². The number of anilines is 1. The van der Waals surface area contributed by atoms with Crippen LogP contribution in [-0.4, -0.2) is 16.5 Å². The highest BCUT2D eigenvalue weighted by Gasteiger charge is 2.12. The predicted octanol–water partition coefficient (Wildman–Crippen LogP) is 5.64. The molecule has 0 saturated heterocycles. The Morgan fingerprint density at radius 2 is 1.88 bits per heavy atom. The Morgan fingerprint density at radius 3 is 2.64 bits per heavy atom. The molecule has 4 rings (SSSR count). The Hall–Kier alpha value is -2.24. The number of rotatable bonds is 6. The number of thiophene rings is 2. The zero-order valence-corrected chi connectivity index (χ0v) is 15.7. The minimum atomic E-state index is 0.788. The van der Waals surface area contributed by atoms with Gasteiger partial charge in [0.2, 0.25) is 0 Å². The largest absolute Gasteiger partial charge is 0.369 e. The molecule has 0 fully saturated rings. The number of nitrogens with zero attached hydrogens (tertiary/aromatic N) is 2. The van der Waals surface area contributed by atoms with Gasteiger partial charge in [-0.2, -0.15) is 0 Å². The first-order chi connectivity index (χ1) is 12.3. The molecule has 25 heavy (non-hydrogen) atoms. The van der Waals surface area contributed by atoms with Crippen molar-refractivity contribution in [3.63, 3.8) is 0 Å². The zero-order chi connectivity index (χ0) is 17.1. The van der Waals surface area contributed by atoms with Crippen LogP contribution in [-0.2, 0) is 12.8 Å². The molecule has 4 aromatic rings. The third-order valence-electron chi connectivity index (χ3n) is 4.07. The van der Waals surface area contributed by atoms with Gasteiger partial charge in [-0.1, -0.05) is 43.3 Å². The fourth-order valence-corrected chi connectivity index (χ4v) is 4.43. The quantitative estimate of drug-likeness (QED) is 0.481. The Bertz CT molecular complexity index is 959. The first-order valence-electron chi connectivity index (χ1n) is 8.45. The van der Waals surface area contributed by atoms with Gasteiger partial charge in [-0.3, -0.25) is 0 Å². The Kier molecular flexibility index (Phi) is 4.76. The Labute approximate surface area is 155 Å². The molecule has 1 N–H and O–H groups in total. The van der Waals surface area contributed by atoms with Crippen LogP contribution in [0.15, 0.2) is 53.9 Å². The van der Waals surface area contributed by atoms with Crippen molar-refractivity contribution in [1.82, 2.24) is 9.97 Å². The summed E-state index contributed by atoms with van der Waals surface area (Å²) in [5, 5.41) is 6.79. The minimum Gasteiger partial charge on any atom is -0.369 e. The molecule has 0 saturated carbocycles. The third kappa shape index (κ3) is 3.57. The lowest BCUT2D eigenvalue weighted by molar-refractivity contribution is 1.03. The number of benzene rings is 1. The third-order valence-corrected chi connectivity index (χ3v) is 6.18. The van der Waals surface area contributed by atoms with Crippen LogP contribution in [0.1, 0.15) is 16.7 Å². The molecule has 3 nitrogen and oxygen atoms in total. The molecule has 1 aromatic carbocycles. The van der Waals surface area contributed by atoms with E-state index in [0.29, 0.717) is 0 Å². The van der Waals surface area contributed by atoms with Gasteiger partial charge < -0.3 is 5.32 Å². The van der Waals surface area contributed by atoms with E-state index in [-0.39, 0.29) is 0 Å². The minimum absolute atomic E-state index is 0.788. The lowest BCUT2D eigenvalue weighted by Crippen LogP contribution is -2.07. The second-order valence-corrected chi connectivity index (χ2v) is 7.95. The van der Waals surface area contributed by atoms with Gasteiger partial charge in [0, 0.05) is 21.9 Å². The second kappa shape index (κ2) is 7.33. The summed E-state index contributed by atoms with van der Waals surface area (Å²) in [7, 11) is 0. The molecule has 0 amide bonds. The van der Waals surface area contributed by atoms with Gasteiger partial charge in [0.05, 0.1) is 5.39 Å². The van der Waals surface area contributed by atoms with Crippen molar-refractivity contribution >= 4 is 38.7 Å². The molecule has 0 aliphatic rings. The number of hydrogen-bond donors (Lipinski definition) is 1. The molecule has 0 spiro atoms. The number of fused-ring (bicyclic) bond motifs is 1. The zero-order valence-electron chi connectivity index (χ0n) is 14.0. The van der Waals surface area contributed by atoms with Crippen molar-refractivity contribution in [2.45, 2.75) is 19.8 Å². The molecule has 5 heteroatoms. The van der Waals surface area contributed by atoms with Crippen LogP contribution in [0, 0.1) is 0 Å². The Morgan fingerprint density at radius 1 is 1.00 bits per heavy atom. The van der Waals surface area contributed by atoms with E-state index in [0.717, 1.165) is 46.8 Å². The smallest absolute Gasteiger partial charge is 0.163 e. The highest BCUT2D eigenvalue weighted by molar-refractivity contribution is 7.18. The topological polar surface area (TPSA) is 37.8 Å². The fourth-order valence-electron chi connectivity index (χ4n) is 2.76. The van der Waals surface area contributed by atoms with Crippen LogP contribution in [0.5, 0.6) is 0 Å². The van der Waals surface area contributed by atoms with E-state index in [9.17, 15) is 0 Å². The molecule has 3 aromatic heterocycles. The molecule has 0 unspecified atom stereocenters. The van der Waals surface area contributed by atoms with E-state index in [1.165, 1.54) is 9.75 Å². The molecule has 126 valence electrons. The summed E-state index contributed by atoms with van der Waals surface area (Å²) in [5.41, 5.74) is 1.05. The number of nitrogens with one attached hydrogen (secondary N) is 1. The van der Waals surface area contributed by atoms with Gasteiger partial charge >= 0.3 is 0 Å². The van der Waals surface area contributed by atoms with Crippen molar-refractivity contribution in [2.24, 2.45) is 0 Å². The van der Waals surface area contributed by atoms with Crippen LogP contribution in [0.3, 0.4) is 0 Å². The standard InChI is InChI=1S/C20H19N3S2/c1-2-15-13-17-19(21-11-10-16-9-6-12-24-16)22-18(23-20(17)25-15)14-7-4-3-5-8-14/h3-9,12-13H,2,10-11H2,1H3,(H,21,22,23). The molecule has 0 atom stereocenters. The van der Waals surface area contributed by atoms with Crippen LogP contribution in [0.4, 0.5) is 5.82 Å². The molecular formula is C20H19N3S2. The summed E-state index contributed by atoms with van der Waals surface area (Å²) in [5.74, 6) is 1.73. The lowest BCUT2D eigenvalue weighted by atomic mass is 10.2. The van der Waals surface area contributed by atoms with E-state index in [2.05, 4.69) is 48.0 Å². The van der Waals surface area contributed by atoms with Gasteiger partial charge in [-0.15, -0.1) is 22.7 Å². The number of hydrogen-bond acceptors (Lipinski definition) is 5. The average molecular weight is 366 g/mol. The van der Waals surface area contributed by atoms with Gasteiger partial charge in [0.1, 0.15) is 10.6 Å². The van der Waals surface area contributed by atoms with E-state index in [1.807, 2.05) is 18.2 Å². The van der Waals surface area contributed by atoms with E-state index in [4.69, 9.17) is 9.97 Å². The van der Waals surface area contributed by atoms with Crippen molar-refractivity contribution in [3.8, 4) is 11.4 Å². The van der Waals surface area contributed by atoms with Crippen molar-refractivity contribution in [1.29, 1.82) is 0 Å². The van der Waals surface area contributed by atoms with Crippen molar-refractivity contribution in [3.05, 3.63) is 63.7 Å². The summed E-state index contributed by atoms with van der Waals surface area (Å²) < 4.78 is 0. The first-order valence-corrected chi connectivity index (χ1v) is 10.1. The molecule has 3 heterocycles. The average Bonchev–Trinajstić information content (AvgIpc) is 3.31. The SMILES string of the molecule is CCc1cc2c(NCCc3cccs3)nc(-c3ccccc3)nc2s1. The maximum Gasteiger partial charge on any atom is 0.163 e. The Balaban J connectivity index is 1.68. The molecule has 0 aliphatic carbocycles. The maximum atomic E-state index is 4.83. The highest BCUT2D eigenvalue weighted by atomic mass is 32.1. The van der Waals surface area contributed by atoms with Crippen LogP contribution < -0.4 is 5.32 Å². The van der Waals surface area contributed by atoms with Crippen LogP contribution in [0.2, 0.25) is 0 Å². The van der Waals surface area contributed by atoms with E-state index >= 15 is 0 Å². The van der Waals surface area contributed by atoms with Gasteiger partial charge in [0.25, 0.3) is 0 Å². The highest BCUT2D eigenvalue weighted by Crippen LogP contribution is 2.31. The summed E-state index contributed by atoms with van der Waals surface area (Å²) in [6.07, 6.45) is 2.03. The van der Waals surface area contributed by atoms with Gasteiger partial charge in [-0.05, 0) is 30.4 Å². The molecule has 0 radical (unpaired) electrons. The molecular weight excluding hydrogens is 346 g/mol. The number of aromatic nitrogens is 2. The van der Waals surface area contributed by atoms with Crippen molar-refractivity contribution < 1.29 is 0 Å².